The molecule has 0 bridgehead atoms. The van der Waals surface area contributed by atoms with Crippen LogP contribution in [0.1, 0.15) is 0 Å². The smallest absolute Gasteiger partial charge is 0.225 e. The molecule has 88 valence electrons. The largest absolute Gasteiger partial charge is 0.340 e. The van der Waals surface area contributed by atoms with E-state index in [1.54, 1.807) is 24.3 Å². The van der Waals surface area contributed by atoms with E-state index in [4.69, 9.17) is 46.4 Å². The van der Waals surface area contributed by atoms with Gasteiger partial charge in [-0.2, -0.15) is 0 Å². The number of hydrogen-bond donors (Lipinski definition) is 1. The molecule has 2 rings (SSSR count). The topological polar surface area (TPSA) is 37.8 Å². The zero-order valence-corrected chi connectivity index (χ0v) is 11.2. The molecular formula is C10H5Cl4N3. The van der Waals surface area contributed by atoms with E-state index in [0.717, 1.165) is 5.69 Å². The molecule has 0 saturated heterocycles. The fourth-order valence-corrected chi connectivity index (χ4v) is 1.88. The summed E-state index contributed by atoms with van der Waals surface area (Å²) in [6, 6.07) is 6.67. The number of hydrogen-bond acceptors (Lipinski definition) is 3. The molecule has 1 heterocycles. The summed E-state index contributed by atoms with van der Waals surface area (Å²) in [4.78, 5) is 7.70. The molecule has 0 aliphatic rings. The van der Waals surface area contributed by atoms with Crippen molar-refractivity contribution in [1.29, 1.82) is 0 Å². The molecule has 7 heteroatoms. The molecule has 0 atom stereocenters. The van der Waals surface area contributed by atoms with Gasteiger partial charge in [0.25, 0.3) is 0 Å². The average Bonchev–Trinajstić information content (AvgIpc) is 2.22. The van der Waals surface area contributed by atoms with Crippen LogP contribution in [0, 0.1) is 0 Å². The Morgan fingerprint density at radius 3 is 2.29 bits per heavy atom. The summed E-state index contributed by atoms with van der Waals surface area (Å²) in [5.41, 5.74) is 0.727. The van der Waals surface area contributed by atoms with Crippen LogP contribution in [0.2, 0.25) is 20.5 Å². The van der Waals surface area contributed by atoms with E-state index >= 15 is 0 Å². The number of anilines is 2. The molecule has 1 aromatic carbocycles. The fraction of sp³-hybridized carbons (Fsp3) is 0. The van der Waals surface area contributed by atoms with Gasteiger partial charge >= 0.3 is 0 Å². The van der Waals surface area contributed by atoms with E-state index in [1.165, 1.54) is 0 Å². The number of nitrogens with zero attached hydrogens (tertiary/aromatic N) is 2. The molecule has 2 aromatic rings. The SMILES string of the molecule is Clc1cc(Nc2ccc(Cl)c(Cl)c2)nc(Cl)n1. The minimum atomic E-state index is 0.0695. The summed E-state index contributed by atoms with van der Waals surface area (Å²) in [5.74, 6) is 0.480. The van der Waals surface area contributed by atoms with Crippen LogP contribution in [-0.4, -0.2) is 9.97 Å². The van der Waals surface area contributed by atoms with Crippen molar-refractivity contribution in [3.8, 4) is 0 Å². The van der Waals surface area contributed by atoms with Gasteiger partial charge in [0.05, 0.1) is 10.0 Å². The van der Waals surface area contributed by atoms with Gasteiger partial charge in [-0.25, -0.2) is 9.97 Å². The molecule has 1 N–H and O–H groups in total. The predicted molar refractivity (Wildman–Crippen MR) is 71.8 cm³/mol. The predicted octanol–water partition coefficient (Wildman–Crippen LogP) is 4.83. The molecule has 0 saturated carbocycles. The summed E-state index contributed by atoms with van der Waals surface area (Å²) in [7, 11) is 0. The van der Waals surface area contributed by atoms with Crippen molar-refractivity contribution in [1.82, 2.24) is 9.97 Å². The third-order valence-corrected chi connectivity index (χ3v) is 2.96. The van der Waals surface area contributed by atoms with Gasteiger partial charge in [0.2, 0.25) is 5.28 Å². The monoisotopic (exact) mass is 307 g/mol. The lowest BCUT2D eigenvalue weighted by molar-refractivity contribution is 1.17. The van der Waals surface area contributed by atoms with Crippen LogP contribution in [0.5, 0.6) is 0 Å². The molecule has 1 aromatic heterocycles. The zero-order chi connectivity index (χ0) is 12.4. The lowest BCUT2D eigenvalue weighted by Gasteiger charge is -2.06. The van der Waals surface area contributed by atoms with Crippen LogP contribution in [0.3, 0.4) is 0 Å². The minimum absolute atomic E-state index is 0.0695. The van der Waals surface area contributed by atoms with E-state index in [1.807, 2.05) is 0 Å². The van der Waals surface area contributed by atoms with Gasteiger partial charge in [0, 0.05) is 11.8 Å². The third-order valence-electron chi connectivity index (χ3n) is 1.86. The highest BCUT2D eigenvalue weighted by Gasteiger charge is 2.03. The Balaban J connectivity index is 2.28. The fourth-order valence-electron chi connectivity index (χ4n) is 1.18. The Morgan fingerprint density at radius 1 is 0.882 bits per heavy atom. The lowest BCUT2D eigenvalue weighted by Crippen LogP contribution is -1.95. The first-order valence-corrected chi connectivity index (χ1v) is 5.98. The normalized spacial score (nSPS) is 10.4. The van der Waals surface area contributed by atoms with Crippen LogP contribution in [0.4, 0.5) is 11.5 Å². The lowest BCUT2D eigenvalue weighted by atomic mass is 10.3. The van der Waals surface area contributed by atoms with Gasteiger partial charge in [-0.3, -0.25) is 0 Å². The third kappa shape index (κ3) is 3.36. The number of rotatable bonds is 2. The maximum absolute atomic E-state index is 5.89. The molecule has 0 amide bonds. The van der Waals surface area contributed by atoms with Crippen molar-refractivity contribution >= 4 is 57.9 Å². The molecule has 17 heavy (non-hydrogen) atoms. The van der Waals surface area contributed by atoms with E-state index in [9.17, 15) is 0 Å². The maximum Gasteiger partial charge on any atom is 0.225 e. The van der Waals surface area contributed by atoms with Crippen LogP contribution < -0.4 is 5.32 Å². The highest BCUT2D eigenvalue weighted by Crippen LogP contribution is 2.27. The first-order chi connectivity index (χ1) is 8.04. The summed E-state index contributed by atoms with van der Waals surface area (Å²) < 4.78 is 0. The zero-order valence-electron chi connectivity index (χ0n) is 8.22. The summed E-state index contributed by atoms with van der Waals surface area (Å²) in [5, 5.41) is 4.25. The van der Waals surface area contributed by atoms with Gasteiger partial charge in [0.15, 0.2) is 0 Å². The number of halogens is 4. The van der Waals surface area contributed by atoms with Gasteiger partial charge in [-0.15, -0.1) is 0 Å². The van der Waals surface area contributed by atoms with Crippen molar-refractivity contribution in [3.63, 3.8) is 0 Å². The number of benzene rings is 1. The second-order valence-electron chi connectivity index (χ2n) is 3.10. The van der Waals surface area contributed by atoms with Gasteiger partial charge in [-0.05, 0) is 29.8 Å². The molecular weight excluding hydrogens is 304 g/mol. The molecule has 0 radical (unpaired) electrons. The molecule has 0 aliphatic heterocycles. The molecule has 0 fully saturated rings. The Hall–Kier alpha value is -0.740. The Kier molecular flexibility index (Phi) is 3.94. The van der Waals surface area contributed by atoms with Crippen molar-refractivity contribution in [2.45, 2.75) is 0 Å². The highest BCUT2D eigenvalue weighted by molar-refractivity contribution is 6.42. The molecule has 0 aliphatic carbocycles. The second-order valence-corrected chi connectivity index (χ2v) is 4.64. The Morgan fingerprint density at radius 2 is 1.65 bits per heavy atom. The Bertz CT molecular complexity index is 539. The minimum Gasteiger partial charge on any atom is -0.340 e. The van der Waals surface area contributed by atoms with E-state index in [-0.39, 0.29) is 10.4 Å². The van der Waals surface area contributed by atoms with Gasteiger partial charge in [-0.1, -0.05) is 34.8 Å². The summed E-state index contributed by atoms with van der Waals surface area (Å²) >= 11 is 23.1. The van der Waals surface area contributed by atoms with Crippen molar-refractivity contribution < 1.29 is 0 Å². The van der Waals surface area contributed by atoms with Crippen LogP contribution >= 0.6 is 46.4 Å². The van der Waals surface area contributed by atoms with Crippen LogP contribution in [-0.2, 0) is 0 Å². The van der Waals surface area contributed by atoms with E-state index in [0.29, 0.717) is 15.9 Å². The van der Waals surface area contributed by atoms with Gasteiger partial charge < -0.3 is 5.32 Å². The number of aromatic nitrogens is 2. The van der Waals surface area contributed by atoms with E-state index < -0.39 is 0 Å². The molecule has 0 spiro atoms. The Labute approximate surface area is 118 Å². The van der Waals surface area contributed by atoms with Crippen molar-refractivity contribution in [2.75, 3.05) is 5.32 Å². The maximum atomic E-state index is 5.89. The summed E-state index contributed by atoms with van der Waals surface area (Å²) in [6.07, 6.45) is 0. The van der Waals surface area contributed by atoms with Crippen molar-refractivity contribution in [3.05, 3.63) is 44.7 Å². The van der Waals surface area contributed by atoms with Gasteiger partial charge in [0.1, 0.15) is 11.0 Å². The summed E-state index contributed by atoms with van der Waals surface area (Å²) in [6.45, 7) is 0. The van der Waals surface area contributed by atoms with E-state index in [2.05, 4.69) is 15.3 Å². The highest BCUT2D eigenvalue weighted by atomic mass is 35.5. The standard InChI is InChI=1S/C10H5Cl4N3/c11-6-2-1-5(3-7(6)12)15-9-4-8(13)16-10(14)17-9/h1-4H,(H,15,16,17). The average molecular weight is 309 g/mol. The van der Waals surface area contributed by atoms with Crippen LogP contribution in [0.15, 0.2) is 24.3 Å². The first-order valence-electron chi connectivity index (χ1n) is 4.47. The van der Waals surface area contributed by atoms with Crippen LogP contribution in [0.25, 0.3) is 0 Å². The molecule has 3 nitrogen and oxygen atoms in total. The first kappa shape index (κ1) is 12.7. The van der Waals surface area contributed by atoms with Crippen molar-refractivity contribution in [2.24, 2.45) is 0 Å². The number of nitrogens with one attached hydrogen (secondary N) is 1. The quantitative estimate of drug-likeness (QED) is 0.637. The molecule has 0 unspecified atom stereocenters. The second kappa shape index (κ2) is 5.27.